The van der Waals surface area contributed by atoms with Gasteiger partial charge in [0.1, 0.15) is 4.90 Å². The first-order chi connectivity index (χ1) is 18.8. The molecule has 11 heteroatoms. The maximum atomic E-state index is 13.0. The van der Waals surface area contributed by atoms with Crippen LogP contribution in [-0.4, -0.2) is 54.8 Å². The Morgan fingerprint density at radius 3 is 2.28 bits per heavy atom. The van der Waals surface area contributed by atoms with E-state index in [-0.39, 0.29) is 22.2 Å². The molecule has 0 aliphatic carbocycles. The van der Waals surface area contributed by atoms with Gasteiger partial charge in [0, 0.05) is 49.3 Å². The van der Waals surface area contributed by atoms with E-state index in [9.17, 15) is 13.2 Å². The molecule has 0 saturated carbocycles. The molecule has 1 amide bonds. The first-order valence-corrected chi connectivity index (χ1v) is 14.2. The number of rotatable bonds is 8. The number of halogens is 1. The Morgan fingerprint density at radius 2 is 1.62 bits per heavy atom. The van der Waals surface area contributed by atoms with E-state index in [4.69, 9.17) is 17.3 Å². The predicted octanol–water partition coefficient (Wildman–Crippen LogP) is 4.08. The number of nitrogens with zero attached hydrogens (tertiary/aromatic N) is 4. The van der Waals surface area contributed by atoms with Crippen LogP contribution < -0.4 is 16.0 Å². The maximum absolute atomic E-state index is 13.0. The van der Waals surface area contributed by atoms with Crippen molar-refractivity contribution in [3.05, 3.63) is 95.6 Å². The first-order valence-electron chi connectivity index (χ1n) is 12.4. The fourth-order valence-corrected chi connectivity index (χ4v) is 6.35. The molecule has 3 aromatic carbocycles. The molecule has 1 fully saturated rings. The van der Waals surface area contributed by atoms with Crippen molar-refractivity contribution in [3.63, 3.8) is 0 Å². The number of nitrogens with one attached hydrogen (secondary N) is 1. The molecule has 2 heterocycles. The van der Waals surface area contributed by atoms with Gasteiger partial charge in [0.2, 0.25) is 21.9 Å². The standard InChI is InChI=1S/C28H27ClN6O3S/c29-24-3-1-2-4-26(24)39(37,38)35-17-15-34(16-18-35)23-11-9-22(10-12-23)32-28-31-14-13-25(33-28)21-7-5-20(6-8-21)19-27(30)36/h1-14H,15-19H2,(H2,30,36)(H,31,32,33). The minimum Gasteiger partial charge on any atom is -0.369 e. The van der Waals surface area contributed by atoms with Crippen LogP contribution >= 0.6 is 11.6 Å². The second kappa shape index (κ2) is 11.4. The molecule has 0 atom stereocenters. The molecule has 4 aromatic rings. The topological polar surface area (TPSA) is 122 Å². The van der Waals surface area contributed by atoms with Gasteiger partial charge in [-0.2, -0.15) is 4.31 Å². The van der Waals surface area contributed by atoms with Crippen molar-refractivity contribution in [2.75, 3.05) is 36.4 Å². The molecule has 1 aliphatic heterocycles. The lowest BCUT2D eigenvalue weighted by atomic mass is 10.1. The van der Waals surface area contributed by atoms with Gasteiger partial charge in [-0.25, -0.2) is 18.4 Å². The molecule has 0 spiro atoms. The number of benzene rings is 3. The highest BCUT2D eigenvalue weighted by Gasteiger charge is 2.30. The van der Waals surface area contributed by atoms with Crippen LogP contribution in [0, 0.1) is 0 Å². The Hall–Kier alpha value is -3.99. The lowest BCUT2D eigenvalue weighted by Crippen LogP contribution is -2.48. The first kappa shape index (κ1) is 26.6. The molecule has 1 aromatic heterocycles. The zero-order chi connectivity index (χ0) is 27.4. The van der Waals surface area contributed by atoms with Crippen molar-refractivity contribution in [2.45, 2.75) is 11.3 Å². The molecule has 0 radical (unpaired) electrons. The molecule has 39 heavy (non-hydrogen) atoms. The highest BCUT2D eigenvalue weighted by Crippen LogP contribution is 2.27. The molecule has 0 bridgehead atoms. The number of hydrogen-bond donors (Lipinski definition) is 2. The van der Waals surface area contributed by atoms with Gasteiger partial charge in [0.05, 0.1) is 17.1 Å². The van der Waals surface area contributed by atoms with Crippen LogP contribution in [0.5, 0.6) is 0 Å². The summed E-state index contributed by atoms with van der Waals surface area (Å²) in [7, 11) is -3.64. The molecule has 5 rings (SSSR count). The average molecular weight is 563 g/mol. The Labute approximate surface area is 232 Å². The van der Waals surface area contributed by atoms with Gasteiger partial charge in [0.25, 0.3) is 0 Å². The summed E-state index contributed by atoms with van der Waals surface area (Å²) < 4.78 is 27.5. The molecule has 9 nitrogen and oxygen atoms in total. The summed E-state index contributed by atoms with van der Waals surface area (Å²) in [5.41, 5.74) is 9.59. The number of sulfonamides is 1. The van der Waals surface area contributed by atoms with Gasteiger partial charge < -0.3 is 16.0 Å². The fraction of sp³-hybridized carbons (Fsp3) is 0.179. The number of anilines is 3. The molecule has 3 N–H and O–H groups in total. The van der Waals surface area contributed by atoms with Crippen molar-refractivity contribution in [3.8, 4) is 11.3 Å². The molecular formula is C28H27ClN6O3S. The summed E-state index contributed by atoms with van der Waals surface area (Å²) in [5.74, 6) is 0.0887. The smallest absolute Gasteiger partial charge is 0.244 e. The van der Waals surface area contributed by atoms with E-state index in [0.29, 0.717) is 32.1 Å². The van der Waals surface area contributed by atoms with Gasteiger partial charge >= 0.3 is 0 Å². The number of nitrogens with two attached hydrogens (primary N) is 1. The van der Waals surface area contributed by atoms with E-state index in [1.165, 1.54) is 10.4 Å². The Bertz CT molecular complexity index is 1570. The van der Waals surface area contributed by atoms with Crippen LogP contribution in [0.15, 0.2) is 90.0 Å². The number of carbonyl (C=O) groups is 1. The van der Waals surface area contributed by atoms with Gasteiger partial charge in [0.15, 0.2) is 0 Å². The van der Waals surface area contributed by atoms with Crippen molar-refractivity contribution in [2.24, 2.45) is 5.73 Å². The van der Waals surface area contributed by atoms with E-state index in [1.807, 2.05) is 54.6 Å². The number of aromatic nitrogens is 2. The SMILES string of the molecule is NC(=O)Cc1ccc(-c2ccnc(Nc3ccc(N4CCN(S(=O)(=O)c5ccccc5Cl)CC4)cc3)n2)cc1. The lowest BCUT2D eigenvalue weighted by molar-refractivity contribution is -0.117. The third-order valence-electron chi connectivity index (χ3n) is 6.47. The van der Waals surface area contributed by atoms with Crippen LogP contribution in [0.3, 0.4) is 0 Å². The van der Waals surface area contributed by atoms with Crippen molar-refractivity contribution in [1.82, 2.24) is 14.3 Å². The number of primary amides is 1. The monoisotopic (exact) mass is 562 g/mol. The second-order valence-corrected chi connectivity index (χ2v) is 11.4. The highest BCUT2D eigenvalue weighted by molar-refractivity contribution is 7.89. The quantitative estimate of drug-likeness (QED) is 0.332. The number of piperazine rings is 1. The Morgan fingerprint density at radius 1 is 0.923 bits per heavy atom. The van der Waals surface area contributed by atoms with Crippen molar-refractivity contribution < 1.29 is 13.2 Å². The Kier molecular flexibility index (Phi) is 7.78. The van der Waals surface area contributed by atoms with Gasteiger partial charge in [-0.1, -0.05) is 48.0 Å². The zero-order valence-electron chi connectivity index (χ0n) is 21.0. The van der Waals surface area contributed by atoms with E-state index >= 15 is 0 Å². The fourth-order valence-electron chi connectivity index (χ4n) is 4.44. The van der Waals surface area contributed by atoms with Crippen LogP contribution in [0.4, 0.5) is 17.3 Å². The number of carbonyl (C=O) groups excluding carboxylic acids is 1. The van der Waals surface area contributed by atoms with Crippen molar-refractivity contribution in [1.29, 1.82) is 0 Å². The zero-order valence-corrected chi connectivity index (χ0v) is 22.6. The molecule has 1 saturated heterocycles. The summed E-state index contributed by atoms with van der Waals surface area (Å²) in [6.45, 7) is 1.88. The van der Waals surface area contributed by atoms with Crippen molar-refractivity contribution >= 4 is 44.9 Å². The molecule has 0 unspecified atom stereocenters. The molecule has 200 valence electrons. The van der Waals surface area contributed by atoms with E-state index in [1.54, 1.807) is 24.4 Å². The van der Waals surface area contributed by atoms with E-state index < -0.39 is 10.0 Å². The third-order valence-corrected chi connectivity index (χ3v) is 8.86. The minimum atomic E-state index is -3.64. The molecular weight excluding hydrogens is 536 g/mol. The summed E-state index contributed by atoms with van der Waals surface area (Å²) in [6.07, 6.45) is 1.89. The average Bonchev–Trinajstić information content (AvgIpc) is 2.94. The lowest BCUT2D eigenvalue weighted by Gasteiger charge is -2.35. The van der Waals surface area contributed by atoms with Crippen LogP contribution in [0.2, 0.25) is 5.02 Å². The Balaban J connectivity index is 1.21. The predicted molar refractivity (Wildman–Crippen MR) is 153 cm³/mol. The largest absolute Gasteiger partial charge is 0.369 e. The minimum absolute atomic E-state index is 0.141. The third kappa shape index (κ3) is 6.19. The summed E-state index contributed by atoms with van der Waals surface area (Å²) >= 11 is 6.14. The van der Waals surface area contributed by atoms with Crippen LogP contribution in [0.1, 0.15) is 5.56 Å². The summed E-state index contributed by atoms with van der Waals surface area (Å²) in [5, 5.41) is 3.46. The maximum Gasteiger partial charge on any atom is 0.244 e. The van der Waals surface area contributed by atoms with Gasteiger partial charge in [-0.3, -0.25) is 4.79 Å². The molecule has 1 aliphatic rings. The van der Waals surface area contributed by atoms with E-state index in [2.05, 4.69) is 20.2 Å². The normalized spacial score (nSPS) is 14.2. The van der Waals surface area contributed by atoms with Crippen LogP contribution in [-0.2, 0) is 21.2 Å². The van der Waals surface area contributed by atoms with E-state index in [0.717, 1.165) is 28.2 Å². The van der Waals surface area contributed by atoms with Crippen LogP contribution in [0.25, 0.3) is 11.3 Å². The second-order valence-electron chi connectivity index (χ2n) is 9.10. The van der Waals surface area contributed by atoms with Gasteiger partial charge in [-0.05, 0) is 48.0 Å². The number of amides is 1. The highest BCUT2D eigenvalue weighted by atomic mass is 35.5. The number of hydrogen-bond acceptors (Lipinski definition) is 7. The summed E-state index contributed by atoms with van der Waals surface area (Å²) in [4.78, 5) is 22.4. The van der Waals surface area contributed by atoms with Gasteiger partial charge in [-0.15, -0.1) is 0 Å². The summed E-state index contributed by atoms with van der Waals surface area (Å²) in [6, 6.07) is 23.7.